The van der Waals surface area contributed by atoms with Gasteiger partial charge in [0.25, 0.3) is 0 Å². The fourth-order valence-electron chi connectivity index (χ4n) is 1.49. The van der Waals surface area contributed by atoms with Gasteiger partial charge in [-0.1, -0.05) is 23.8 Å². The first-order chi connectivity index (χ1) is 6.99. The van der Waals surface area contributed by atoms with E-state index in [2.05, 4.69) is 26.0 Å². The summed E-state index contributed by atoms with van der Waals surface area (Å²) in [6.45, 7) is 8.04. The van der Waals surface area contributed by atoms with Crippen molar-refractivity contribution in [2.45, 2.75) is 34.1 Å². The lowest BCUT2D eigenvalue weighted by Gasteiger charge is -2.03. The van der Waals surface area contributed by atoms with Crippen molar-refractivity contribution in [3.8, 4) is 0 Å². The van der Waals surface area contributed by atoms with Crippen LogP contribution in [0.4, 0.5) is 0 Å². The number of aryl methyl sites for hydroxylation is 2. The lowest BCUT2D eigenvalue weighted by atomic mass is 10.0. The third-order valence-corrected chi connectivity index (χ3v) is 2.40. The molecule has 0 fully saturated rings. The molecule has 0 saturated heterocycles. The normalized spacial score (nSPS) is 9.87. The zero-order valence-corrected chi connectivity index (χ0v) is 9.92. The average Bonchev–Trinajstić information content (AvgIpc) is 2.10. The largest absolute Gasteiger partial charge is 0.294 e. The van der Waals surface area contributed by atoms with Crippen LogP contribution in [-0.4, -0.2) is 5.78 Å². The van der Waals surface area contributed by atoms with Crippen molar-refractivity contribution in [2.24, 2.45) is 0 Å². The highest BCUT2D eigenvalue weighted by Crippen LogP contribution is 2.11. The number of hydrogen-bond acceptors (Lipinski definition) is 1. The van der Waals surface area contributed by atoms with E-state index >= 15 is 0 Å². The minimum atomic E-state index is 0.179. The quantitative estimate of drug-likeness (QED) is 0.687. The topological polar surface area (TPSA) is 17.1 Å². The Balaban J connectivity index is 2.78. The molecule has 80 valence electrons. The molecule has 0 N–H and O–H groups in total. The first-order valence-corrected chi connectivity index (χ1v) is 5.23. The van der Waals surface area contributed by atoms with E-state index in [1.807, 2.05) is 19.9 Å². The molecule has 0 aliphatic carbocycles. The van der Waals surface area contributed by atoms with Crippen LogP contribution < -0.4 is 0 Å². The Hall–Kier alpha value is -1.37. The van der Waals surface area contributed by atoms with Gasteiger partial charge in [-0.05, 0) is 50.5 Å². The van der Waals surface area contributed by atoms with Crippen LogP contribution in [-0.2, 0) is 11.2 Å². The smallest absolute Gasteiger partial charge is 0.159 e. The molecule has 1 rings (SSSR count). The number of benzene rings is 1. The Morgan fingerprint density at radius 2 is 1.87 bits per heavy atom. The predicted octanol–water partition coefficient (Wildman–Crippen LogP) is 3.38. The van der Waals surface area contributed by atoms with Crippen LogP contribution in [0.1, 0.15) is 30.5 Å². The van der Waals surface area contributed by atoms with Gasteiger partial charge in [0.1, 0.15) is 0 Å². The zero-order valence-electron chi connectivity index (χ0n) is 9.92. The summed E-state index contributed by atoms with van der Waals surface area (Å²) in [5.74, 6) is 0.179. The van der Waals surface area contributed by atoms with Crippen molar-refractivity contribution in [1.82, 2.24) is 0 Å². The van der Waals surface area contributed by atoms with Crippen molar-refractivity contribution in [3.63, 3.8) is 0 Å². The highest BCUT2D eigenvalue weighted by Gasteiger charge is 2.01. The molecule has 0 unspecified atom stereocenters. The van der Waals surface area contributed by atoms with Crippen molar-refractivity contribution < 1.29 is 4.79 Å². The summed E-state index contributed by atoms with van der Waals surface area (Å²) < 4.78 is 0. The van der Waals surface area contributed by atoms with E-state index < -0.39 is 0 Å². The molecule has 0 radical (unpaired) electrons. The molecule has 0 heterocycles. The second-order valence-electron chi connectivity index (χ2n) is 4.28. The minimum absolute atomic E-state index is 0.179. The Labute approximate surface area is 91.8 Å². The predicted molar refractivity (Wildman–Crippen MR) is 64.1 cm³/mol. The zero-order chi connectivity index (χ0) is 11.4. The van der Waals surface area contributed by atoms with E-state index in [1.165, 1.54) is 11.1 Å². The molecule has 0 bridgehead atoms. The lowest BCUT2D eigenvalue weighted by molar-refractivity contribution is -0.114. The van der Waals surface area contributed by atoms with Crippen molar-refractivity contribution >= 4 is 5.78 Å². The van der Waals surface area contributed by atoms with Gasteiger partial charge in [0.05, 0.1) is 0 Å². The number of hydrogen-bond donors (Lipinski definition) is 0. The van der Waals surface area contributed by atoms with Crippen molar-refractivity contribution in [1.29, 1.82) is 0 Å². The number of rotatable bonds is 3. The maximum absolute atomic E-state index is 11.5. The summed E-state index contributed by atoms with van der Waals surface area (Å²) in [6, 6.07) is 6.19. The van der Waals surface area contributed by atoms with Crippen LogP contribution in [0.25, 0.3) is 0 Å². The fourth-order valence-corrected chi connectivity index (χ4v) is 1.49. The van der Waals surface area contributed by atoms with Gasteiger partial charge in [-0.15, -0.1) is 0 Å². The molecule has 15 heavy (non-hydrogen) atoms. The van der Waals surface area contributed by atoms with Crippen molar-refractivity contribution in [2.75, 3.05) is 0 Å². The van der Waals surface area contributed by atoms with Gasteiger partial charge in [-0.2, -0.15) is 0 Å². The Morgan fingerprint density at radius 3 is 2.40 bits per heavy atom. The molecule has 0 atom stereocenters. The number of carbonyl (C=O) groups excluding carboxylic acids is 1. The summed E-state index contributed by atoms with van der Waals surface area (Å²) in [5, 5.41) is 0. The summed E-state index contributed by atoms with van der Waals surface area (Å²) >= 11 is 0. The van der Waals surface area contributed by atoms with Gasteiger partial charge in [0, 0.05) is 6.42 Å². The minimum Gasteiger partial charge on any atom is -0.294 e. The van der Waals surface area contributed by atoms with Crippen LogP contribution in [0.5, 0.6) is 0 Å². The molecule has 1 aromatic rings. The van der Waals surface area contributed by atoms with Crippen LogP contribution in [0.2, 0.25) is 0 Å². The molecular weight excluding hydrogens is 184 g/mol. The standard InChI is InChI=1S/C14H18O/c1-10(2)7-14(15)9-13-6-5-11(3)12(4)8-13/h5-8H,9H2,1-4H3. The molecule has 0 aromatic heterocycles. The number of allylic oxidation sites excluding steroid dienone is 2. The summed E-state index contributed by atoms with van der Waals surface area (Å²) in [7, 11) is 0. The highest BCUT2D eigenvalue weighted by molar-refractivity contribution is 5.91. The summed E-state index contributed by atoms with van der Waals surface area (Å²) in [5.41, 5.74) is 4.68. The van der Waals surface area contributed by atoms with E-state index in [-0.39, 0.29) is 5.78 Å². The monoisotopic (exact) mass is 202 g/mol. The van der Waals surface area contributed by atoms with Crippen LogP contribution >= 0.6 is 0 Å². The van der Waals surface area contributed by atoms with Crippen LogP contribution in [0.3, 0.4) is 0 Å². The molecule has 0 aliphatic rings. The third-order valence-electron chi connectivity index (χ3n) is 2.40. The van der Waals surface area contributed by atoms with E-state index in [4.69, 9.17) is 0 Å². The second kappa shape index (κ2) is 4.92. The van der Waals surface area contributed by atoms with E-state index in [1.54, 1.807) is 6.08 Å². The maximum Gasteiger partial charge on any atom is 0.159 e. The highest BCUT2D eigenvalue weighted by atomic mass is 16.1. The average molecular weight is 202 g/mol. The maximum atomic E-state index is 11.5. The lowest BCUT2D eigenvalue weighted by Crippen LogP contribution is -1.99. The van der Waals surface area contributed by atoms with Crippen LogP contribution in [0, 0.1) is 13.8 Å². The number of ketones is 1. The van der Waals surface area contributed by atoms with Crippen LogP contribution in [0.15, 0.2) is 29.8 Å². The Bertz CT molecular complexity index is 396. The van der Waals surface area contributed by atoms with Gasteiger partial charge >= 0.3 is 0 Å². The second-order valence-corrected chi connectivity index (χ2v) is 4.28. The van der Waals surface area contributed by atoms with E-state index in [9.17, 15) is 4.79 Å². The molecule has 0 amide bonds. The fraction of sp³-hybridized carbons (Fsp3) is 0.357. The number of carbonyl (C=O) groups is 1. The summed E-state index contributed by atoms with van der Waals surface area (Å²) in [4.78, 5) is 11.5. The van der Waals surface area contributed by atoms with Gasteiger partial charge in [0.15, 0.2) is 5.78 Å². The first-order valence-electron chi connectivity index (χ1n) is 5.23. The van der Waals surface area contributed by atoms with Gasteiger partial charge < -0.3 is 0 Å². The SMILES string of the molecule is CC(C)=CC(=O)Cc1ccc(C)c(C)c1. The van der Waals surface area contributed by atoms with E-state index in [0.29, 0.717) is 6.42 Å². The van der Waals surface area contributed by atoms with Gasteiger partial charge in [-0.3, -0.25) is 4.79 Å². The molecule has 0 spiro atoms. The van der Waals surface area contributed by atoms with Gasteiger partial charge in [0.2, 0.25) is 0 Å². The molecular formula is C14H18O. The molecule has 1 nitrogen and oxygen atoms in total. The van der Waals surface area contributed by atoms with E-state index in [0.717, 1.165) is 11.1 Å². The Kier molecular flexibility index (Phi) is 3.84. The molecule has 0 saturated carbocycles. The van der Waals surface area contributed by atoms with Crippen molar-refractivity contribution in [3.05, 3.63) is 46.5 Å². The Morgan fingerprint density at radius 1 is 1.20 bits per heavy atom. The van der Waals surface area contributed by atoms with Gasteiger partial charge in [-0.25, -0.2) is 0 Å². The molecule has 0 aliphatic heterocycles. The first kappa shape index (κ1) is 11.7. The third kappa shape index (κ3) is 3.70. The molecule has 1 aromatic carbocycles. The molecule has 1 heteroatoms. The summed E-state index contributed by atoms with van der Waals surface area (Å²) in [6.07, 6.45) is 2.21.